The maximum Gasteiger partial charge on any atom is 0.291 e. The first-order valence-corrected chi connectivity index (χ1v) is 9.42. The SMILES string of the molecule is COCC1(CNC(=O)c2ccsc2NC(=O)c2ccco2)CCNCC1. The Labute approximate surface area is 156 Å². The predicted octanol–water partition coefficient (Wildman–Crippen LogP) is 2.34. The number of nitrogens with one attached hydrogen (secondary N) is 3. The number of piperidine rings is 1. The van der Waals surface area contributed by atoms with E-state index in [-0.39, 0.29) is 23.0 Å². The minimum atomic E-state index is -0.374. The molecule has 0 saturated carbocycles. The van der Waals surface area contributed by atoms with Crippen LogP contribution in [0.15, 0.2) is 34.3 Å². The van der Waals surface area contributed by atoms with Crippen LogP contribution in [0.5, 0.6) is 0 Å². The number of hydrogen-bond donors (Lipinski definition) is 3. The first-order valence-electron chi connectivity index (χ1n) is 8.54. The summed E-state index contributed by atoms with van der Waals surface area (Å²) < 4.78 is 10.5. The van der Waals surface area contributed by atoms with Gasteiger partial charge in [-0.2, -0.15) is 0 Å². The number of ether oxygens (including phenoxy) is 1. The van der Waals surface area contributed by atoms with Crippen LogP contribution in [0.3, 0.4) is 0 Å². The fourth-order valence-corrected chi connectivity index (χ4v) is 3.94. The van der Waals surface area contributed by atoms with Gasteiger partial charge in [-0.1, -0.05) is 0 Å². The van der Waals surface area contributed by atoms with Crippen molar-refractivity contribution in [1.29, 1.82) is 0 Å². The lowest BCUT2D eigenvalue weighted by Crippen LogP contribution is -2.47. The molecule has 3 rings (SSSR count). The lowest BCUT2D eigenvalue weighted by atomic mass is 9.79. The number of furan rings is 1. The van der Waals surface area contributed by atoms with E-state index in [1.807, 2.05) is 0 Å². The molecule has 0 aliphatic carbocycles. The van der Waals surface area contributed by atoms with Gasteiger partial charge >= 0.3 is 0 Å². The third-order valence-electron chi connectivity index (χ3n) is 4.62. The van der Waals surface area contributed by atoms with E-state index in [0.717, 1.165) is 25.9 Å². The summed E-state index contributed by atoms with van der Waals surface area (Å²) in [6.45, 7) is 2.99. The molecule has 0 aromatic carbocycles. The number of carbonyl (C=O) groups is 2. The molecule has 0 bridgehead atoms. The quantitative estimate of drug-likeness (QED) is 0.689. The van der Waals surface area contributed by atoms with E-state index >= 15 is 0 Å². The molecule has 7 nitrogen and oxygen atoms in total. The fraction of sp³-hybridized carbons (Fsp3) is 0.444. The van der Waals surface area contributed by atoms with Gasteiger partial charge in [0.25, 0.3) is 11.8 Å². The van der Waals surface area contributed by atoms with Gasteiger partial charge in [-0.25, -0.2) is 0 Å². The molecular weight excluding hydrogens is 354 g/mol. The summed E-state index contributed by atoms with van der Waals surface area (Å²) in [5.74, 6) is -0.366. The Bertz CT molecular complexity index is 730. The van der Waals surface area contributed by atoms with Crippen molar-refractivity contribution in [2.45, 2.75) is 12.8 Å². The van der Waals surface area contributed by atoms with E-state index in [1.165, 1.54) is 17.6 Å². The molecule has 0 radical (unpaired) electrons. The second-order valence-corrected chi connectivity index (χ2v) is 7.38. The molecule has 2 aromatic heterocycles. The lowest BCUT2D eigenvalue weighted by Gasteiger charge is -2.37. The zero-order valence-corrected chi connectivity index (χ0v) is 15.5. The lowest BCUT2D eigenvalue weighted by molar-refractivity contribution is 0.0512. The number of anilines is 1. The minimum absolute atomic E-state index is 0.0523. The highest BCUT2D eigenvalue weighted by molar-refractivity contribution is 7.14. The highest BCUT2D eigenvalue weighted by atomic mass is 32.1. The van der Waals surface area contributed by atoms with Crippen LogP contribution in [-0.2, 0) is 4.74 Å². The summed E-state index contributed by atoms with van der Waals surface area (Å²) in [7, 11) is 1.69. The van der Waals surface area contributed by atoms with E-state index in [4.69, 9.17) is 9.15 Å². The van der Waals surface area contributed by atoms with Crippen molar-refractivity contribution in [3.8, 4) is 0 Å². The van der Waals surface area contributed by atoms with Gasteiger partial charge < -0.3 is 25.1 Å². The van der Waals surface area contributed by atoms with E-state index in [0.29, 0.717) is 23.7 Å². The molecule has 0 spiro atoms. The van der Waals surface area contributed by atoms with Crippen molar-refractivity contribution in [3.63, 3.8) is 0 Å². The van der Waals surface area contributed by atoms with Crippen LogP contribution in [0.2, 0.25) is 0 Å². The van der Waals surface area contributed by atoms with Gasteiger partial charge in [-0.05, 0) is 49.5 Å². The van der Waals surface area contributed by atoms with E-state index < -0.39 is 0 Å². The van der Waals surface area contributed by atoms with Gasteiger partial charge in [0.05, 0.1) is 18.4 Å². The first kappa shape index (κ1) is 18.6. The van der Waals surface area contributed by atoms with Crippen molar-refractivity contribution in [2.24, 2.45) is 5.41 Å². The molecule has 140 valence electrons. The highest BCUT2D eigenvalue weighted by Crippen LogP contribution is 2.29. The van der Waals surface area contributed by atoms with Crippen LogP contribution in [0.25, 0.3) is 0 Å². The number of carbonyl (C=O) groups excluding carboxylic acids is 2. The number of amides is 2. The van der Waals surface area contributed by atoms with Gasteiger partial charge in [0.2, 0.25) is 0 Å². The van der Waals surface area contributed by atoms with Gasteiger partial charge in [0.15, 0.2) is 5.76 Å². The molecular formula is C18H23N3O4S. The fourth-order valence-electron chi connectivity index (χ4n) is 3.16. The molecule has 2 amide bonds. The maximum absolute atomic E-state index is 12.6. The Kier molecular flexibility index (Phi) is 6.08. The molecule has 2 aromatic rings. The van der Waals surface area contributed by atoms with Gasteiger partial charge in [-0.3, -0.25) is 9.59 Å². The standard InChI is InChI=1S/C18H23N3O4S/c1-24-12-18(5-7-19-8-6-18)11-20-15(22)13-4-10-26-17(13)21-16(23)14-3-2-9-25-14/h2-4,9-10,19H,5-8,11-12H2,1H3,(H,20,22)(H,21,23). The summed E-state index contributed by atoms with van der Waals surface area (Å²) in [6.07, 6.45) is 3.34. The Hall–Kier alpha value is -2.16. The summed E-state index contributed by atoms with van der Waals surface area (Å²) in [5, 5.41) is 11.4. The Balaban J connectivity index is 1.63. The largest absolute Gasteiger partial charge is 0.459 e. The molecule has 3 N–H and O–H groups in total. The van der Waals surface area contributed by atoms with Gasteiger partial charge in [-0.15, -0.1) is 11.3 Å². The Morgan fingerprint density at radius 2 is 2.12 bits per heavy atom. The average molecular weight is 377 g/mol. The van der Waals surface area contributed by atoms with Crippen LogP contribution < -0.4 is 16.0 Å². The topological polar surface area (TPSA) is 92.6 Å². The summed E-state index contributed by atoms with van der Waals surface area (Å²) in [6, 6.07) is 4.93. The Morgan fingerprint density at radius 1 is 1.31 bits per heavy atom. The molecule has 0 unspecified atom stereocenters. The van der Waals surface area contributed by atoms with E-state index in [2.05, 4.69) is 16.0 Å². The average Bonchev–Trinajstić information content (AvgIpc) is 3.33. The Morgan fingerprint density at radius 3 is 2.81 bits per heavy atom. The van der Waals surface area contributed by atoms with Crippen molar-refractivity contribution >= 4 is 28.2 Å². The predicted molar refractivity (Wildman–Crippen MR) is 99.7 cm³/mol. The molecule has 3 heterocycles. The highest BCUT2D eigenvalue weighted by Gasteiger charge is 2.33. The van der Waals surface area contributed by atoms with Crippen molar-refractivity contribution in [3.05, 3.63) is 41.2 Å². The van der Waals surface area contributed by atoms with E-state index in [9.17, 15) is 9.59 Å². The number of hydrogen-bond acceptors (Lipinski definition) is 6. The van der Waals surface area contributed by atoms with Crippen molar-refractivity contribution in [1.82, 2.24) is 10.6 Å². The molecule has 1 saturated heterocycles. The zero-order valence-electron chi connectivity index (χ0n) is 14.7. The zero-order chi connectivity index (χ0) is 18.4. The second kappa shape index (κ2) is 8.48. The summed E-state index contributed by atoms with van der Waals surface area (Å²) in [5.41, 5.74) is 0.403. The summed E-state index contributed by atoms with van der Waals surface area (Å²) in [4.78, 5) is 24.8. The van der Waals surface area contributed by atoms with Crippen LogP contribution in [0, 0.1) is 5.41 Å². The number of thiophene rings is 1. The van der Waals surface area contributed by atoms with E-state index in [1.54, 1.807) is 30.7 Å². The van der Waals surface area contributed by atoms with Gasteiger partial charge in [0.1, 0.15) is 5.00 Å². The van der Waals surface area contributed by atoms with Crippen LogP contribution in [0.1, 0.15) is 33.8 Å². The normalized spacial score (nSPS) is 16.2. The number of methoxy groups -OCH3 is 1. The second-order valence-electron chi connectivity index (χ2n) is 6.46. The number of rotatable bonds is 7. The third kappa shape index (κ3) is 4.32. The van der Waals surface area contributed by atoms with Crippen LogP contribution >= 0.6 is 11.3 Å². The molecule has 8 heteroatoms. The van der Waals surface area contributed by atoms with Gasteiger partial charge in [0, 0.05) is 19.1 Å². The third-order valence-corrected chi connectivity index (χ3v) is 5.45. The summed E-state index contributed by atoms with van der Waals surface area (Å²) >= 11 is 1.31. The van der Waals surface area contributed by atoms with Crippen molar-refractivity contribution in [2.75, 3.05) is 38.7 Å². The first-order chi connectivity index (χ1) is 12.6. The molecule has 1 aliphatic rings. The molecule has 1 aliphatic heterocycles. The monoisotopic (exact) mass is 377 g/mol. The molecule has 0 atom stereocenters. The smallest absolute Gasteiger partial charge is 0.291 e. The van der Waals surface area contributed by atoms with Crippen LogP contribution in [-0.4, -0.2) is 45.2 Å². The minimum Gasteiger partial charge on any atom is -0.459 e. The molecule has 1 fully saturated rings. The van der Waals surface area contributed by atoms with Crippen LogP contribution in [0.4, 0.5) is 5.00 Å². The molecule has 26 heavy (non-hydrogen) atoms. The maximum atomic E-state index is 12.6. The van der Waals surface area contributed by atoms with Crippen molar-refractivity contribution < 1.29 is 18.7 Å².